The zero-order valence-electron chi connectivity index (χ0n) is 14.7. The quantitative estimate of drug-likeness (QED) is 0.546. The summed E-state index contributed by atoms with van der Waals surface area (Å²) >= 11 is 0. The summed E-state index contributed by atoms with van der Waals surface area (Å²) in [5.41, 5.74) is 8.09. The highest BCUT2D eigenvalue weighted by molar-refractivity contribution is 5.29. The van der Waals surface area contributed by atoms with Crippen LogP contribution in [0.15, 0.2) is 24.3 Å². The van der Waals surface area contributed by atoms with Gasteiger partial charge in [-0.1, -0.05) is 51.7 Å². The summed E-state index contributed by atoms with van der Waals surface area (Å²) in [4.78, 5) is 0. The second-order valence-corrected chi connectivity index (χ2v) is 6.41. The lowest BCUT2D eigenvalue weighted by atomic mass is 10.0. The molecule has 130 valence electrons. The van der Waals surface area contributed by atoms with Crippen LogP contribution in [0.1, 0.15) is 64.0 Å². The molecule has 1 saturated heterocycles. The molecule has 4 nitrogen and oxygen atoms in total. The van der Waals surface area contributed by atoms with Crippen molar-refractivity contribution >= 4 is 0 Å². The van der Waals surface area contributed by atoms with Crippen molar-refractivity contribution in [3.8, 4) is 5.75 Å². The maximum Gasteiger partial charge on any atom is 0.119 e. The van der Waals surface area contributed by atoms with Gasteiger partial charge in [0.15, 0.2) is 0 Å². The van der Waals surface area contributed by atoms with E-state index < -0.39 is 0 Å². The van der Waals surface area contributed by atoms with E-state index in [0.717, 1.165) is 38.3 Å². The third-order valence-corrected chi connectivity index (χ3v) is 4.42. The van der Waals surface area contributed by atoms with E-state index in [9.17, 15) is 0 Å². The van der Waals surface area contributed by atoms with Crippen molar-refractivity contribution in [2.45, 2.75) is 64.5 Å². The first kappa shape index (κ1) is 18.2. The van der Waals surface area contributed by atoms with Crippen LogP contribution in [-0.4, -0.2) is 25.7 Å². The molecule has 1 aliphatic heterocycles. The van der Waals surface area contributed by atoms with Gasteiger partial charge in [-0.25, -0.2) is 5.43 Å². The number of hydrogen-bond acceptors (Lipinski definition) is 4. The van der Waals surface area contributed by atoms with Crippen LogP contribution < -0.4 is 20.9 Å². The Morgan fingerprint density at radius 1 is 1.04 bits per heavy atom. The van der Waals surface area contributed by atoms with Crippen LogP contribution in [0.4, 0.5) is 0 Å². The number of likely N-dealkylation sites (N-methyl/N-ethyl adjacent to an activating group) is 1. The molecule has 1 aromatic carbocycles. The van der Waals surface area contributed by atoms with Gasteiger partial charge in [0.2, 0.25) is 0 Å². The van der Waals surface area contributed by atoms with E-state index in [-0.39, 0.29) is 0 Å². The van der Waals surface area contributed by atoms with Crippen LogP contribution >= 0.6 is 0 Å². The summed E-state index contributed by atoms with van der Waals surface area (Å²) in [6.45, 7) is 7.25. The van der Waals surface area contributed by atoms with Gasteiger partial charge in [0.05, 0.1) is 6.61 Å². The molecular formula is C19H33N3O. The van der Waals surface area contributed by atoms with Crippen LogP contribution in [0.25, 0.3) is 0 Å². The van der Waals surface area contributed by atoms with Crippen LogP contribution in [-0.2, 0) is 0 Å². The molecule has 2 atom stereocenters. The largest absolute Gasteiger partial charge is 0.494 e. The number of ether oxygens (including phenoxy) is 1. The van der Waals surface area contributed by atoms with Gasteiger partial charge in [0.25, 0.3) is 0 Å². The summed E-state index contributed by atoms with van der Waals surface area (Å²) in [5, 5.41) is 3.39. The molecule has 0 saturated carbocycles. The molecule has 1 aliphatic rings. The van der Waals surface area contributed by atoms with E-state index in [4.69, 9.17) is 4.74 Å². The minimum absolute atomic E-state index is 0.391. The van der Waals surface area contributed by atoms with E-state index in [1.54, 1.807) is 0 Å². The first-order valence-electron chi connectivity index (χ1n) is 9.28. The molecule has 23 heavy (non-hydrogen) atoms. The normalized spacial score (nSPS) is 20.8. The Morgan fingerprint density at radius 3 is 2.57 bits per heavy atom. The lowest BCUT2D eigenvalue weighted by molar-refractivity contribution is 0.304. The van der Waals surface area contributed by atoms with Gasteiger partial charge in [0.1, 0.15) is 5.75 Å². The van der Waals surface area contributed by atoms with Crippen LogP contribution in [0, 0.1) is 0 Å². The van der Waals surface area contributed by atoms with E-state index in [2.05, 4.69) is 54.3 Å². The van der Waals surface area contributed by atoms with E-state index in [0.29, 0.717) is 12.1 Å². The van der Waals surface area contributed by atoms with Crippen molar-refractivity contribution in [3.63, 3.8) is 0 Å². The second kappa shape index (κ2) is 10.6. The molecule has 0 aliphatic carbocycles. The van der Waals surface area contributed by atoms with Crippen LogP contribution in [0.2, 0.25) is 0 Å². The fraction of sp³-hybridized carbons (Fsp3) is 0.684. The molecule has 3 N–H and O–H groups in total. The first-order chi connectivity index (χ1) is 11.3. The number of nitrogens with one attached hydrogen (secondary N) is 3. The minimum Gasteiger partial charge on any atom is -0.494 e. The topological polar surface area (TPSA) is 45.3 Å². The monoisotopic (exact) mass is 319 g/mol. The summed E-state index contributed by atoms with van der Waals surface area (Å²) in [5.74, 6) is 0.986. The molecule has 1 aromatic rings. The highest BCUT2D eigenvalue weighted by Crippen LogP contribution is 2.24. The summed E-state index contributed by atoms with van der Waals surface area (Å²) < 4.78 is 5.83. The molecule has 0 bridgehead atoms. The standard InChI is InChI=1S/C19H33N3O/c1-3-5-6-7-8-13-23-18-11-9-16(10-12-18)19-14-17(21-22-19)15-20-4-2/h9-12,17,19-22H,3-8,13-15H2,1-2H3. The van der Waals surface area contributed by atoms with Crippen molar-refractivity contribution in [1.29, 1.82) is 0 Å². The summed E-state index contributed by atoms with van der Waals surface area (Å²) in [6, 6.07) is 9.45. The number of hydrogen-bond donors (Lipinski definition) is 3. The van der Waals surface area contributed by atoms with Gasteiger partial charge in [-0.2, -0.15) is 0 Å². The van der Waals surface area contributed by atoms with Gasteiger partial charge in [-0.3, -0.25) is 5.43 Å². The lowest BCUT2D eigenvalue weighted by Crippen LogP contribution is -2.37. The Balaban J connectivity index is 1.68. The van der Waals surface area contributed by atoms with Gasteiger partial charge in [0, 0.05) is 18.6 Å². The molecule has 0 aromatic heterocycles. The molecule has 2 rings (SSSR count). The molecule has 1 fully saturated rings. The van der Waals surface area contributed by atoms with Crippen LogP contribution in [0.5, 0.6) is 5.75 Å². The zero-order chi connectivity index (χ0) is 16.3. The molecular weight excluding hydrogens is 286 g/mol. The number of rotatable bonds is 11. The van der Waals surface area contributed by atoms with E-state index in [1.165, 1.54) is 31.2 Å². The van der Waals surface area contributed by atoms with E-state index in [1.807, 2.05) is 0 Å². The molecule has 0 amide bonds. The van der Waals surface area contributed by atoms with Crippen molar-refractivity contribution in [2.75, 3.05) is 19.7 Å². The Bertz CT molecular complexity index is 421. The Kier molecular flexibility index (Phi) is 8.43. The highest BCUT2D eigenvalue weighted by atomic mass is 16.5. The third-order valence-electron chi connectivity index (χ3n) is 4.42. The zero-order valence-corrected chi connectivity index (χ0v) is 14.7. The van der Waals surface area contributed by atoms with Gasteiger partial charge >= 0.3 is 0 Å². The first-order valence-corrected chi connectivity index (χ1v) is 9.28. The van der Waals surface area contributed by atoms with Gasteiger partial charge in [-0.05, 0) is 37.1 Å². The predicted octanol–water partition coefficient (Wildman–Crippen LogP) is 3.55. The maximum atomic E-state index is 5.83. The van der Waals surface area contributed by atoms with Crippen molar-refractivity contribution in [1.82, 2.24) is 16.2 Å². The second-order valence-electron chi connectivity index (χ2n) is 6.41. The van der Waals surface area contributed by atoms with E-state index >= 15 is 0 Å². The SMILES string of the molecule is CCCCCCCOc1ccc(C2CC(CNCC)NN2)cc1. The number of unbranched alkanes of at least 4 members (excludes halogenated alkanes) is 4. The van der Waals surface area contributed by atoms with Gasteiger partial charge in [-0.15, -0.1) is 0 Å². The number of benzene rings is 1. The Hall–Kier alpha value is -1.10. The Morgan fingerprint density at radius 2 is 1.83 bits per heavy atom. The third kappa shape index (κ3) is 6.50. The Labute approximate surface area is 141 Å². The summed E-state index contributed by atoms with van der Waals surface area (Å²) in [6.07, 6.45) is 7.50. The predicted molar refractivity (Wildman–Crippen MR) is 96.7 cm³/mol. The molecule has 0 radical (unpaired) electrons. The molecule has 4 heteroatoms. The summed E-state index contributed by atoms with van der Waals surface area (Å²) in [7, 11) is 0. The number of hydrazine groups is 1. The maximum absolute atomic E-state index is 5.83. The molecule has 0 spiro atoms. The molecule has 1 heterocycles. The average molecular weight is 319 g/mol. The minimum atomic E-state index is 0.391. The van der Waals surface area contributed by atoms with Gasteiger partial charge < -0.3 is 10.1 Å². The van der Waals surface area contributed by atoms with Crippen molar-refractivity contribution in [2.24, 2.45) is 0 Å². The van der Waals surface area contributed by atoms with Crippen molar-refractivity contribution in [3.05, 3.63) is 29.8 Å². The fourth-order valence-corrected chi connectivity index (χ4v) is 2.99. The smallest absolute Gasteiger partial charge is 0.119 e. The van der Waals surface area contributed by atoms with Crippen molar-refractivity contribution < 1.29 is 4.74 Å². The highest BCUT2D eigenvalue weighted by Gasteiger charge is 2.24. The molecule has 2 unspecified atom stereocenters. The fourth-order valence-electron chi connectivity index (χ4n) is 2.99. The average Bonchev–Trinajstić information content (AvgIpc) is 3.05. The lowest BCUT2D eigenvalue weighted by Gasteiger charge is -2.12. The van der Waals surface area contributed by atoms with Crippen LogP contribution in [0.3, 0.4) is 0 Å².